The third kappa shape index (κ3) is 3.35. The molecule has 0 saturated heterocycles. The molecule has 0 aliphatic heterocycles. The largest absolute Gasteiger partial charge is 0.508 e. The molecule has 0 spiro atoms. The zero-order valence-electron chi connectivity index (χ0n) is 19.5. The number of hydrogen-bond acceptors (Lipinski definition) is 5. The van der Waals surface area contributed by atoms with Crippen molar-refractivity contribution in [3.05, 3.63) is 76.2 Å². The Morgan fingerprint density at radius 1 is 1.09 bits per heavy atom. The second-order valence-electron chi connectivity index (χ2n) is 8.63. The van der Waals surface area contributed by atoms with Gasteiger partial charge in [-0.3, -0.25) is 9.36 Å². The monoisotopic (exact) mass is 454 g/mol. The zero-order valence-corrected chi connectivity index (χ0v) is 19.5. The van der Waals surface area contributed by atoms with Crippen LogP contribution in [-0.4, -0.2) is 30.5 Å². The molecule has 5 aromatic rings. The van der Waals surface area contributed by atoms with Gasteiger partial charge in [-0.1, -0.05) is 6.07 Å². The molecule has 0 aliphatic rings. The van der Waals surface area contributed by atoms with Gasteiger partial charge in [-0.25, -0.2) is 9.97 Å². The van der Waals surface area contributed by atoms with Gasteiger partial charge < -0.3 is 21.1 Å². The molecule has 0 atom stereocenters. The summed E-state index contributed by atoms with van der Waals surface area (Å²) in [6.07, 6.45) is 1.83. The number of aromatic hydroxyl groups is 1. The average Bonchev–Trinajstić information content (AvgIpc) is 3.38. The van der Waals surface area contributed by atoms with Crippen molar-refractivity contribution in [3.8, 4) is 11.4 Å². The molecule has 5 N–H and O–H groups in total. The predicted octanol–water partition coefficient (Wildman–Crippen LogP) is 4.35. The van der Waals surface area contributed by atoms with Gasteiger partial charge in [-0.2, -0.15) is 0 Å². The number of nitrogens with two attached hydrogens (primary N) is 1. The molecule has 34 heavy (non-hydrogen) atoms. The van der Waals surface area contributed by atoms with Gasteiger partial charge in [-0.15, -0.1) is 0 Å². The van der Waals surface area contributed by atoms with E-state index >= 15 is 0 Å². The molecule has 0 unspecified atom stereocenters. The van der Waals surface area contributed by atoms with Gasteiger partial charge in [-0.05, 0) is 69.2 Å². The maximum Gasteiger partial charge on any atom is 0.256 e. The Morgan fingerprint density at radius 3 is 2.68 bits per heavy atom. The molecule has 8 heteroatoms. The van der Waals surface area contributed by atoms with Crippen molar-refractivity contribution in [2.75, 3.05) is 5.73 Å². The Labute approximate surface area is 196 Å². The van der Waals surface area contributed by atoms with Gasteiger partial charge in [0.2, 0.25) is 0 Å². The van der Waals surface area contributed by atoms with Crippen molar-refractivity contribution in [2.45, 2.75) is 34.2 Å². The van der Waals surface area contributed by atoms with E-state index < -0.39 is 0 Å². The minimum Gasteiger partial charge on any atom is -0.508 e. The van der Waals surface area contributed by atoms with Crippen LogP contribution in [0.25, 0.3) is 27.8 Å². The van der Waals surface area contributed by atoms with E-state index in [0.717, 1.165) is 39.2 Å². The van der Waals surface area contributed by atoms with Gasteiger partial charge in [0, 0.05) is 28.2 Å². The number of anilines is 1. The number of aryl methyl sites for hydroxylation is 3. The van der Waals surface area contributed by atoms with E-state index in [0.29, 0.717) is 22.2 Å². The van der Waals surface area contributed by atoms with E-state index in [1.54, 1.807) is 10.6 Å². The first kappa shape index (κ1) is 21.5. The normalized spacial score (nSPS) is 11.4. The van der Waals surface area contributed by atoms with Crippen molar-refractivity contribution >= 4 is 33.8 Å². The van der Waals surface area contributed by atoms with Crippen LogP contribution in [0.4, 0.5) is 5.82 Å². The number of hydrogen-bond donors (Lipinski definition) is 4. The maximum atomic E-state index is 13.4. The number of phenols is 1. The predicted molar refractivity (Wildman–Crippen MR) is 133 cm³/mol. The van der Waals surface area contributed by atoms with Crippen LogP contribution in [0.1, 0.15) is 38.4 Å². The van der Waals surface area contributed by atoms with Gasteiger partial charge in [0.25, 0.3) is 5.91 Å². The van der Waals surface area contributed by atoms with Crippen molar-refractivity contribution in [1.82, 2.24) is 24.8 Å². The van der Waals surface area contributed by atoms with Crippen LogP contribution in [0.15, 0.2) is 42.6 Å². The lowest BCUT2D eigenvalue weighted by atomic mass is 10.1. The molecule has 172 valence electrons. The standard InChI is InChI=1S/C26H26N6O2/c1-13-5-8-20(33)15(3)22(13)32-23(27)21(19-11-14(2)16(4)30-25(19)32)26(34)29-12-18-7-6-17-9-10-28-24(17)31-18/h5-11,33H,12,27H2,1-4H3,(H,28,31)(H,29,34). The van der Waals surface area contributed by atoms with Crippen LogP contribution >= 0.6 is 0 Å². The summed E-state index contributed by atoms with van der Waals surface area (Å²) in [5.41, 5.74) is 13.2. The molecule has 0 bridgehead atoms. The minimum absolute atomic E-state index is 0.155. The number of nitrogen functional groups attached to an aromatic ring is 1. The molecule has 1 aromatic carbocycles. The summed E-state index contributed by atoms with van der Waals surface area (Å²) >= 11 is 0. The second-order valence-corrected chi connectivity index (χ2v) is 8.63. The Balaban J connectivity index is 1.62. The highest BCUT2D eigenvalue weighted by Gasteiger charge is 2.25. The van der Waals surface area contributed by atoms with Crippen LogP contribution in [-0.2, 0) is 6.54 Å². The van der Waals surface area contributed by atoms with Crippen molar-refractivity contribution in [3.63, 3.8) is 0 Å². The maximum absolute atomic E-state index is 13.4. The number of rotatable bonds is 4. The first-order valence-corrected chi connectivity index (χ1v) is 11.0. The fraction of sp³-hybridized carbons (Fsp3) is 0.192. The lowest BCUT2D eigenvalue weighted by Gasteiger charge is -2.15. The molecule has 1 amide bonds. The van der Waals surface area contributed by atoms with E-state index in [2.05, 4.69) is 15.3 Å². The van der Waals surface area contributed by atoms with Gasteiger partial charge in [0.1, 0.15) is 22.9 Å². The zero-order chi connectivity index (χ0) is 24.1. The number of nitrogens with one attached hydrogen (secondary N) is 2. The molecule has 0 aliphatic carbocycles. The van der Waals surface area contributed by atoms with Crippen molar-refractivity contribution in [1.29, 1.82) is 0 Å². The number of H-pyrrole nitrogens is 1. The molecule has 0 fully saturated rings. The van der Waals surface area contributed by atoms with E-state index in [1.807, 2.05) is 64.2 Å². The summed E-state index contributed by atoms with van der Waals surface area (Å²) in [4.78, 5) is 25.8. The number of pyridine rings is 2. The summed E-state index contributed by atoms with van der Waals surface area (Å²) in [5.74, 6) is 0.118. The number of amides is 1. The molecular formula is C26H26N6O2. The number of phenolic OH excluding ortho intramolecular Hbond substituents is 1. The summed E-state index contributed by atoms with van der Waals surface area (Å²) in [6.45, 7) is 7.90. The minimum atomic E-state index is -0.310. The highest BCUT2D eigenvalue weighted by atomic mass is 16.3. The highest BCUT2D eigenvalue weighted by molar-refractivity contribution is 6.11. The Bertz CT molecular complexity index is 1590. The van der Waals surface area contributed by atoms with E-state index in [-0.39, 0.29) is 24.0 Å². The van der Waals surface area contributed by atoms with Gasteiger partial charge in [0.05, 0.1) is 23.5 Å². The summed E-state index contributed by atoms with van der Waals surface area (Å²) in [6, 6.07) is 11.2. The molecule has 5 rings (SSSR count). The number of aromatic nitrogens is 4. The number of nitrogens with zero attached hydrogens (tertiary/aromatic N) is 3. The Morgan fingerprint density at radius 2 is 1.88 bits per heavy atom. The van der Waals surface area contributed by atoms with Crippen molar-refractivity contribution < 1.29 is 9.90 Å². The first-order valence-electron chi connectivity index (χ1n) is 11.0. The molecular weight excluding hydrogens is 428 g/mol. The fourth-order valence-corrected chi connectivity index (χ4v) is 4.37. The summed E-state index contributed by atoms with van der Waals surface area (Å²) in [7, 11) is 0. The highest BCUT2D eigenvalue weighted by Crippen LogP contribution is 2.36. The van der Waals surface area contributed by atoms with Crippen molar-refractivity contribution in [2.24, 2.45) is 0 Å². The Hall–Kier alpha value is -4.33. The number of fused-ring (bicyclic) bond motifs is 2. The molecule has 4 heterocycles. The quantitative estimate of drug-likeness (QED) is 0.322. The second kappa shape index (κ2) is 7.91. The third-order valence-electron chi connectivity index (χ3n) is 6.38. The SMILES string of the molecule is Cc1cc2c(C(=O)NCc3ccc4cc[nH]c4n3)c(N)n(-c3c(C)ccc(O)c3C)c2nc1C. The van der Waals surface area contributed by atoms with Crippen LogP contribution < -0.4 is 11.1 Å². The molecule has 0 saturated carbocycles. The summed E-state index contributed by atoms with van der Waals surface area (Å²) in [5, 5.41) is 15.0. The summed E-state index contributed by atoms with van der Waals surface area (Å²) < 4.78 is 1.77. The Kier molecular flexibility index (Phi) is 5.01. The average molecular weight is 455 g/mol. The lowest BCUT2D eigenvalue weighted by molar-refractivity contribution is 0.0953. The fourth-order valence-electron chi connectivity index (χ4n) is 4.37. The van der Waals surface area contributed by atoms with E-state index in [9.17, 15) is 9.90 Å². The molecule has 8 nitrogen and oxygen atoms in total. The number of carbonyl (C=O) groups excluding carboxylic acids is 1. The smallest absolute Gasteiger partial charge is 0.256 e. The molecule has 0 radical (unpaired) electrons. The van der Waals surface area contributed by atoms with E-state index in [1.165, 1.54) is 0 Å². The van der Waals surface area contributed by atoms with Crippen LogP contribution in [0.5, 0.6) is 5.75 Å². The number of carbonyl (C=O) groups is 1. The van der Waals surface area contributed by atoms with Crippen LogP contribution in [0.2, 0.25) is 0 Å². The van der Waals surface area contributed by atoms with Crippen LogP contribution in [0.3, 0.4) is 0 Å². The first-order chi connectivity index (χ1) is 16.3. The molecule has 4 aromatic heterocycles. The van der Waals surface area contributed by atoms with Gasteiger partial charge in [0.15, 0.2) is 0 Å². The van der Waals surface area contributed by atoms with Gasteiger partial charge >= 0.3 is 0 Å². The number of aromatic amines is 1. The van der Waals surface area contributed by atoms with Crippen LogP contribution in [0, 0.1) is 27.7 Å². The van der Waals surface area contributed by atoms with E-state index in [4.69, 9.17) is 10.7 Å². The topological polar surface area (TPSA) is 122 Å². The lowest BCUT2D eigenvalue weighted by Crippen LogP contribution is -2.24. The third-order valence-corrected chi connectivity index (χ3v) is 6.38. The number of benzene rings is 1.